The fourth-order valence-corrected chi connectivity index (χ4v) is 2.43. The summed E-state index contributed by atoms with van der Waals surface area (Å²) in [5.41, 5.74) is 4.53. The summed E-state index contributed by atoms with van der Waals surface area (Å²) in [6.07, 6.45) is 5.21. The van der Waals surface area contributed by atoms with Gasteiger partial charge in [-0.05, 0) is 29.7 Å². The van der Waals surface area contributed by atoms with Crippen molar-refractivity contribution in [3.8, 4) is 0 Å². The summed E-state index contributed by atoms with van der Waals surface area (Å²) in [6, 6.07) is 15.6. The van der Waals surface area contributed by atoms with E-state index in [0.29, 0.717) is 6.61 Å². The molecule has 0 bridgehead atoms. The third-order valence-electron chi connectivity index (χ3n) is 3.92. The molecule has 0 N–H and O–H groups in total. The second kappa shape index (κ2) is 9.97. The Morgan fingerprint density at radius 1 is 1.15 bits per heavy atom. The lowest BCUT2D eigenvalue weighted by Gasteiger charge is -2.17. The highest BCUT2D eigenvalue weighted by Crippen LogP contribution is 2.22. The molecular weight excluding hydrogens is 340 g/mol. The van der Waals surface area contributed by atoms with E-state index in [-0.39, 0.29) is 0 Å². The Kier molecular flexibility index (Phi) is 7.37. The third-order valence-corrected chi connectivity index (χ3v) is 3.92. The molecule has 0 aliphatic carbocycles. The summed E-state index contributed by atoms with van der Waals surface area (Å²) in [5.74, 6) is 0. The van der Waals surface area contributed by atoms with Crippen molar-refractivity contribution in [1.82, 2.24) is 0 Å². The van der Waals surface area contributed by atoms with Gasteiger partial charge in [0.1, 0.15) is 6.61 Å². The van der Waals surface area contributed by atoms with Gasteiger partial charge in [-0.15, -0.1) is 0 Å². The Balaban J connectivity index is 2.16. The van der Waals surface area contributed by atoms with Gasteiger partial charge in [0, 0.05) is 7.05 Å². The second-order valence-electron chi connectivity index (χ2n) is 5.80. The molecule has 2 rings (SSSR count). The number of methoxy groups -OCH3 is 1. The number of amides is 1. The first kappa shape index (κ1) is 20.0. The average molecular weight is 364 g/mol. The Morgan fingerprint density at radius 3 is 2.52 bits per heavy atom. The molecule has 0 fully saturated rings. The van der Waals surface area contributed by atoms with Gasteiger partial charge >= 0.3 is 6.09 Å². The van der Waals surface area contributed by atoms with Crippen molar-refractivity contribution in [1.29, 1.82) is 0 Å². The molecule has 0 aromatic heterocycles. The molecule has 5 nitrogen and oxygen atoms in total. The number of rotatable bonds is 7. The van der Waals surface area contributed by atoms with Crippen LogP contribution in [0.25, 0.3) is 12.2 Å². The minimum Gasteiger partial charge on any atom is -0.452 e. The van der Waals surface area contributed by atoms with E-state index in [2.05, 4.69) is 11.7 Å². The van der Waals surface area contributed by atoms with Gasteiger partial charge in [-0.2, -0.15) is 0 Å². The molecule has 0 heterocycles. The maximum absolute atomic E-state index is 11.8. The number of anilines is 1. The fourth-order valence-electron chi connectivity index (χ4n) is 2.43. The molecule has 0 unspecified atom stereocenters. The van der Waals surface area contributed by atoms with Crippen molar-refractivity contribution in [2.24, 2.45) is 5.16 Å². The molecule has 2 aromatic rings. The highest BCUT2D eigenvalue weighted by molar-refractivity contribution is 5.98. The molecule has 2 aromatic carbocycles. The Morgan fingerprint density at radius 2 is 1.85 bits per heavy atom. The van der Waals surface area contributed by atoms with Crippen LogP contribution in [0.15, 0.2) is 66.3 Å². The monoisotopic (exact) mass is 364 g/mol. The molecule has 140 valence electrons. The van der Waals surface area contributed by atoms with Crippen molar-refractivity contribution in [2.75, 3.05) is 25.7 Å². The first-order valence-electron chi connectivity index (χ1n) is 8.53. The number of carbonyl (C=O) groups is 1. The van der Waals surface area contributed by atoms with Crippen molar-refractivity contribution in [3.05, 3.63) is 77.9 Å². The number of nitrogens with zero attached hydrogens (tertiary/aromatic N) is 2. The van der Waals surface area contributed by atoms with Crippen molar-refractivity contribution >= 4 is 29.6 Å². The highest BCUT2D eigenvalue weighted by atomic mass is 16.6. The van der Waals surface area contributed by atoms with E-state index in [0.717, 1.165) is 28.1 Å². The van der Waals surface area contributed by atoms with Crippen LogP contribution in [-0.4, -0.2) is 32.6 Å². The lowest BCUT2D eigenvalue weighted by molar-refractivity contribution is 0.175. The van der Waals surface area contributed by atoms with Crippen molar-refractivity contribution < 1.29 is 14.4 Å². The van der Waals surface area contributed by atoms with Gasteiger partial charge in [0.2, 0.25) is 0 Å². The quantitative estimate of drug-likeness (QED) is 0.229. The first-order chi connectivity index (χ1) is 13.1. The normalized spacial score (nSPS) is 11.3. The van der Waals surface area contributed by atoms with Gasteiger partial charge in [0.15, 0.2) is 0 Å². The number of hydrogen-bond acceptors (Lipinski definition) is 4. The van der Waals surface area contributed by atoms with Gasteiger partial charge in [-0.1, -0.05) is 72.4 Å². The van der Waals surface area contributed by atoms with E-state index in [1.807, 2.05) is 67.6 Å². The SMILES string of the molecule is C=CCO/N=C(\C)c1ccc(/C=C/c2ccccc2N(C)C(=O)OC)cc1. The summed E-state index contributed by atoms with van der Waals surface area (Å²) in [4.78, 5) is 18.4. The predicted molar refractivity (Wildman–Crippen MR) is 111 cm³/mol. The van der Waals surface area contributed by atoms with Gasteiger partial charge in [-0.25, -0.2) is 4.79 Å². The first-order valence-corrected chi connectivity index (χ1v) is 8.53. The van der Waals surface area contributed by atoms with Crippen LogP contribution in [0.1, 0.15) is 23.6 Å². The Bertz CT molecular complexity index is 839. The predicted octanol–water partition coefficient (Wildman–Crippen LogP) is 4.99. The van der Waals surface area contributed by atoms with E-state index in [1.54, 1.807) is 13.1 Å². The van der Waals surface area contributed by atoms with E-state index in [1.165, 1.54) is 12.0 Å². The zero-order valence-corrected chi connectivity index (χ0v) is 15.9. The maximum atomic E-state index is 11.8. The lowest BCUT2D eigenvalue weighted by atomic mass is 10.1. The van der Waals surface area contributed by atoms with E-state index in [9.17, 15) is 4.79 Å². The Labute approximate surface area is 160 Å². The fraction of sp³-hybridized carbons (Fsp3) is 0.182. The van der Waals surface area contributed by atoms with Crippen LogP contribution in [0.3, 0.4) is 0 Å². The van der Waals surface area contributed by atoms with E-state index < -0.39 is 6.09 Å². The van der Waals surface area contributed by atoms with Crippen LogP contribution in [0.2, 0.25) is 0 Å². The van der Waals surface area contributed by atoms with Gasteiger partial charge < -0.3 is 9.57 Å². The van der Waals surface area contributed by atoms with Gasteiger partial charge in [-0.3, -0.25) is 4.90 Å². The molecule has 0 radical (unpaired) electrons. The molecule has 0 saturated heterocycles. The second-order valence-corrected chi connectivity index (χ2v) is 5.80. The summed E-state index contributed by atoms with van der Waals surface area (Å²) >= 11 is 0. The minimum absolute atomic E-state index is 0.386. The smallest absolute Gasteiger partial charge is 0.413 e. The molecule has 1 amide bonds. The van der Waals surface area contributed by atoms with Crippen LogP contribution >= 0.6 is 0 Å². The van der Waals surface area contributed by atoms with Crippen LogP contribution in [-0.2, 0) is 9.57 Å². The topological polar surface area (TPSA) is 51.1 Å². The van der Waals surface area contributed by atoms with Gasteiger partial charge in [0.25, 0.3) is 0 Å². The summed E-state index contributed by atoms with van der Waals surface area (Å²) in [7, 11) is 3.05. The summed E-state index contributed by atoms with van der Waals surface area (Å²) in [6.45, 7) is 5.87. The molecule has 27 heavy (non-hydrogen) atoms. The van der Waals surface area contributed by atoms with Crippen molar-refractivity contribution in [2.45, 2.75) is 6.92 Å². The number of para-hydroxylation sites is 1. The largest absolute Gasteiger partial charge is 0.452 e. The Hall–Kier alpha value is -3.34. The summed E-state index contributed by atoms with van der Waals surface area (Å²) < 4.78 is 4.79. The molecule has 5 heteroatoms. The third kappa shape index (κ3) is 5.57. The summed E-state index contributed by atoms with van der Waals surface area (Å²) in [5, 5.41) is 4.04. The molecule has 0 spiro atoms. The van der Waals surface area contributed by atoms with Crippen LogP contribution in [0.4, 0.5) is 10.5 Å². The lowest BCUT2D eigenvalue weighted by Crippen LogP contribution is -2.26. The number of oxime groups is 1. The van der Waals surface area contributed by atoms with Crippen LogP contribution in [0.5, 0.6) is 0 Å². The molecule has 0 aliphatic heterocycles. The van der Waals surface area contributed by atoms with Crippen LogP contribution in [0, 0.1) is 0 Å². The highest BCUT2D eigenvalue weighted by Gasteiger charge is 2.12. The minimum atomic E-state index is -0.409. The van der Waals surface area contributed by atoms with Crippen LogP contribution < -0.4 is 4.90 Å². The van der Waals surface area contributed by atoms with E-state index >= 15 is 0 Å². The average Bonchev–Trinajstić information content (AvgIpc) is 2.71. The van der Waals surface area contributed by atoms with E-state index in [4.69, 9.17) is 9.57 Å². The molecule has 0 saturated carbocycles. The molecular formula is C22H24N2O3. The maximum Gasteiger partial charge on any atom is 0.413 e. The zero-order valence-electron chi connectivity index (χ0n) is 15.9. The van der Waals surface area contributed by atoms with Gasteiger partial charge in [0.05, 0.1) is 18.5 Å². The number of benzene rings is 2. The number of ether oxygens (including phenoxy) is 1. The molecule has 0 atom stereocenters. The zero-order chi connectivity index (χ0) is 19.6. The van der Waals surface area contributed by atoms with Crippen molar-refractivity contribution in [3.63, 3.8) is 0 Å². The molecule has 0 aliphatic rings. The number of hydrogen-bond donors (Lipinski definition) is 0. The number of carbonyl (C=O) groups excluding carboxylic acids is 1. The standard InChI is InChI=1S/C22H24N2O3/c1-5-16-27-23-17(2)19-13-10-18(11-14-19)12-15-20-8-6-7-9-21(20)24(3)22(25)26-4/h5-15H,1,16H2,2-4H3/b15-12+,23-17+.